The van der Waals surface area contributed by atoms with Crippen molar-refractivity contribution in [1.29, 1.82) is 0 Å². The van der Waals surface area contributed by atoms with Gasteiger partial charge in [-0.1, -0.05) is 12.1 Å². The van der Waals surface area contributed by atoms with Gasteiger partial charge in [0.25, 0.3) is 10.0 Å². The molecule has 2 heterocycles. The summed E-state index contributed by atoms with van der Waals surface area (Å²) in [6.45, 7) is 0.782. The smallest absolute Gasteiger partial charge is 0.262 e. The highest BCUT2D eigenvalue weighted by Crippen LogP contribution is 2.33. The maximum Gasteiger partial charge on any atom is 0.262 e. The van der Waals surface area contributed by atoms with E-state index in [1.165, 1.54) is 24.3 Å². The molecule has 156 valence electrons. The topological polar surface area (TPSA) is 125 Å². The number of aromatic nitrogens is 2. The van der Waals surface area contributed by atoms with Gasteiger partial charge < -0.3 is 9.47 Å². The van der Waals surface area contributed by atoms with Gasteiger partial charge in [-0.05, 0) is 36.4 Å². The third-order valence-electron chi connectivity index (χ3n) is 4.28. The number of sulfone groups is 1. The highest BCUT2D eigenvalue weighted by atomic mass is 32.2. The summed E-state index contributed by atoms with van der Waals surface area (Å²) in [5.74, 6) is 0.892. The Hall–Kier alpha value is -3.18. The van der Waals surface area contributed by atoms with Gasteiger partial charge in [0.1, 0.15) is 13.2 Å². The van der Waals surface area contributed by atoms with Crippen molar-refractivity contribution in [3.63, 3.8) is 0 Å². The molecule has 0 atom stereocenters. The molecule has 1 aromatic heterocycles. The number of hydrogen-bond donors (Lipinski definition) is 1. The van der Waals surface area contributed by atoms with Crippen LogP contribution in [0.15, 0.2) is 64.5 Å². The van der Waals surface area contributed by atoms with E-state index in [4.69, 9.17) is 9.47 Å². The van der Waals surface area contributed by atoms with Gasteiger partial charge in [-0.2, -0.15) is 0 Å². The van der Waals surface area contributed by atoms with E-state index < -0.39 is 19.9 Å². The molecule has 0 bridgehead atoms. The fourth-order valence-electron chi connectivity index (χ4n) is 2.79. The second-order valence-electron chi connectivity index (χ2n) is 6.52. The summed E-state index contributed by atoms with van der Waals surface area (Å²) in [5.41, 5.74) is 1.47. The van der Waals surface area contributed by atoms with E-state index in [1.807, 2.05) is 0 Å². The molecule has 9 nitrogen and oxygen atoms in total. The van der Waals surface area contributed by atoms with Crippen LogP contribution in [0, 0.1) is 0 Å². The molecule has 0 saturated heterocycles. The Balaban J connectivity index is 1.53. The van der Waals surface area contributed by atoms with Crippen LogP contribution >= 0.6 is 0 Å². The fraction of sp³-hybridized carbons (Fsp3) is 0.158. The van der Waals surface area contributed by atoms with E-state index in [2.05, 4.69) is 14.9 Å². The molecule has 1 aliphatic rings. The lowest BCUT2D eigenvalue weighted by Crippen LogP contribution is -2.17. The van der Waals surface area contributed by atoms with Gasteiger partial charge >= 0.3 is 0 Å². The quantitative estimate of drug-likeness (QED) is 0.631. The molecule has 0 radical (unpaired) electrons. The first-order chi connectivity index (χ1) is 14.2. The molecule has 0 spiro atoms. The molecule has 3 aromatic rings. The maximum absolute atomic E-state index is 12.7. The minimum absolute atomic E-state index is 0.0538. The Morgan fingerprint density at radius 1 is 0.833 bits per heavy atom. The number of hydrogen-bond acceptors (Lipinski definition) is 8. The Kier molecular flexibility index (Phi) is 5.08. The molecule has 0 aliphatic carbocycles. The van der Waals surface area contributed by atoms with Crippen LogP contribution in [0.25, 0.3) is 11.3 Å². The summed E-state index contributed by atoms with van der Waals surface area (Å²) in [4.78, 5) is 0.0538. The zero-order chi connectivity index (χ0) is 21.4. The second kappa shape index (κ2) is 7.58. The van der Waals surface area contributed by atoms with Crippen LogP contribution in [0.4, 0.5) is 5.69 Å². The maximum atomic E-state index is 12.7. The number of fused-ring (bicyclic) bond motifs is 1. The molecule has 1 N–H and O–H groups in total. The van der Waals surface area contributed by atoms with Crippen LogP contribution in [0.5, 0.6) is 11.5 Å². The largest absolute Gasteiger partial charge is 0.486 e. The summed E-state index contributed by atoms with van der Waals surface area (Å²) in [5, 5.41) is 7.51. The van der Waals surface area contributed by atoms with Crippen LogP contribution in [0.2, 0.25) is 0 Å². The lowest BCUT2D eigenvalue weighted by molar-refractivity contribution is 0.171. The highest BCUT2D eigenvalue weighted by molar-refractivity contribution is 7.92. The van der Waals surface area contributed by atoms with Crippen molar-refractivity contribution in [3.05, 3.63) is 54.6 Å². The highest BCUT2D eigenvalue weighted by Gasteiger charge is 2.19. The number of anilines is 1. The summed E-state index contributed by atoms with van der Waals surface area (Å²) < 4.78 is 61.7. The Morgan fingerprint density at radius 2 is 1.53 bits per heavy atom. The standard InChI is InChI=1S/C19H17N3O6S2/c1-29(23,24)19-9-7-16(20-21-19)13-2-4-14(5-3-13)22-30(25,26)15-6-8-17-18(12-15)28-11-10-27-17/h2-9,12,22H,10-11H2,1H3. The molecule has 1 aliphatic heterocycles. The number of sulfonamides is 1. The van der Waals surface area contributed by atoms with Crippen molar-refractivity contribution in [2.45, 2.75) is 9.92 Å². The van der Waals surface area contributed by atoms with Gasteiger partial charge in [0.15, 0.2) is 26.4 Å². The predicted molar refractivity (Wildman–Crippen MR) is 109 cm³/mol. The number of benzene rings is 2. The van der Waals surface area contributed by atoms with Gasteiger partial charge in [-0.15, -0.1) is 10.2 Å². The zero-order valence-corrected chi connectivity index (χ0v) is 17.4. The predicted octanol–water partition coefficient (Wildman–Crippen LogP) is 2.12. The monoisotopic (exact) mass is 447 g/mol. The molecule has 11 heteroatoms. The minimum atomic E-state index is -3.83. The summed E-state index contributed by atoms with van der Waals surface area (Å²) in [7, 11) is -7.25. The van der Waals surface area contributed by atoms with Crippen molar-refractivity contribution in [2.24, 2.45) is 0 Å². The van der Waals surface area contributed by atoms with Gasteiger partial charge in [-0.3, -0.25) is 4.72 Å². The third kappa shape index (κ3) is 4.21. The van der Waals surface area contributed by atoms with E-state index in [0.717, 1.165) is 6.26 Å². The Labute approximate surface area is 173 Å². The van der Waals surface area contributed by atoms with Crippen LogP contribution in [0.3, 0.4) is 0 Å². The lowest BCUT2D eigenvalue weighted by Gasteiger charge is -2.19. The molecule has 0 saturated carbocycles. The number of nitrogens with zero attached hydrogens (tertiary/aromatic N) is 2. The average Bonchev–Trinajstić information content (AvgIpc) is 2.73. The molecule has 2 aromatic carbocycles. The van der Waals surface area contributed by atoms with Crippen LogP contribution in [-0.2, 0) is 19.9 Å². The minimum Gasteiger partial charge on any atom is -0.486 e. The number of rotatable bonds is 5. The lowest BCUT2D eigenvalue weighted by atomic mass is 10.1. The first-order valence-corrected chi connectivity index (χ1v) is 12.2. The van der Waals surface area contributed by atoms with Gasteiger partial charge in [-0.25, -0.2) is 16.8 Å². The first-order valence-electron chi connectivity index (χ1n) is 8.79. The van der Waals surface area contributed by atoms with E-state index in [9.17, 15) is 16.8 Å². The van der Waals surface area contributed by atoms with E-state index in [-0.39, 0.29) is 9.92 Å². The summed E-state index contributed by atoms with van der Waals surface area (Å²) in [6.07, 6.45) is 1.05. The van der Waals surface area contributed by atoms with Crippen LogP contribution in [-0.4, -0.2) is 46.5 Å². The normalized spacial score (nSPS) is 13.6. The number of ether oxygens (including phenoxy) is 2. The fourth-order valence-corrected chi connectivity index (χ4v) is 4.36. The second-order valence-corrected chi connectivity index (χ2v) is 10.2. The SMILES string of the molecule is CS(=O)(=O)c1ccc(-c2ccc(NS(=O)(=O)c3ccc4c(c3)OCCO4)cc2)nn1. The molecular weight excluding hydrogens is 430 g/mol. The zero-order valence-electron chi connectivity index (χ0n) is 15.8. The first kappa shape index (κ1) is 20.1. The molecule has 30 heavy (non-hydrogen) atoms. The van der Waals surface area contributed by atoms with Crippen LogP contribution in [0.1, 0.15) is 0 Å². The average molecular weight is 447 g/mol. The molecule has 4 rings (SSSR count). The van der Waals surface area contributed by atoms with Crippen LogP contribution < -0.4 is 14.2 Å². The third-order valence-corrected chi connectivity index (χ3v) is 6.63. The van der Waals surface area contributed by atoms with Crippen molar-refractivity contribution in [3.8, 4) is 22.8 Å². The Morgan fingerprint density at radius 3 is 2.17 bits per heavy atom. The van der Waals surface area contributed by atoms with E-state index in [0.29, 0.717) is 41.7 Å². The Bertz CT molecular complexity index is 1290. The summed E-state index contributed by atoms with van der Waals surface area (Å²) in [6, 6.07) is 13.8. The molecule has 0 fully saturated rings. The number of nitrogens with one attached hydrogen (secondary N) is 1. The van der Waals surface area contributed by atoms with Gasteiger partial charge in [0.05, 0.1) is 10.6 Å². The van der Waals surface area contributed by atoms with Crippen molar-refractivity contribution in [1.82, 2.24) is 10.2 Å². The van der Waals surface area contributed by atoms with Gasteiger partial charge in [0.2, 0.25) is 0 Å². The van der Waals surface area contributed by atoms with E-state index in [1.54, 1.807) is 30.3 Å². The van der Waals surface area contributed by atoms with Crippen molar-refractivity contribution in [2.75, 3.05) is 24.2 Å². The van der Waals surface area contributed by atoms with Crippen molar-refractivity contribution < 1.29 is 26.3 Å². The van der Waals surface area contributed by atoms with Gasteiger partial charge in [0, 0.05) is 23.6 Å². The van der Waals surface area contributed by atoms with E-state index >= 15 is 0 Å². The molecule has 0 amide bonds. The summed E-state index contributed by atoms with van der Waals surface area (Å²) >= 11 is 0. The molecular formula is C19H17N3O6S2. The molecule has 0 unspecified atom stereocenters. The van der Waals surface area contributed by atoms with Crippen molar-refractivity contribution >= 4 is 25.5 Å².